The average molecular weight is 395 g/mol. The molecule has 0 spiro atoms. The van der Waals surface area contributed by atoms with E-state index in [2.05, 4.69) is 10.4 Å². The van der Waals surface area contributed by atoms with Crippen LogP contribution in [0, 0.1) is 5.82 Å². The van der Waals surface area contributed by atoms with Crippen molar-refractivity contribution in [2.45, 2.75) is 0 Å². The van der Waals surface area contributed by atoms with Crippen LogP contribution in [-0.2, 0) is 0 Å². The smallest absolute Gasteiger partial charge is 0.229 e. The second kappa shape index (κ2) is 7.33. The first kappa shape index (κ1) is 17.9. The number of benzene rings is 3. The number of nitrogen functional groups attached to an aromatic ring is 1. The Bertz CT molecular complexity index is 1310. The van der Waals surface area contributed by atoms with Gasteiger partial charge in [-0.25, -0.2) is 13.9 Å². The highest BCUT2D eigenvalue weighted by atomic mass is 19.1. The number of nitrogens with two attached hydrogens (primary N) is 1. The standard InChI is InChI=1S/C24H18FN5/c25-19-7-5-17(6-8-19)16-1-3-18(4-2-16)23-15-22-13-14-27-30(22)24(29-23)28-21-11-9-20(26)10-12-21/h1-15H,26H2,(H,28,29). The van der Waals surface area contributed by atoms with Crippen molar-refractivity contribution in [1.29, 1.82) is 0 Å². The van der Waals surface area contributed by atoms with Crippen LogP contribution in [0.5, 0.6) is 0 Å². The maximum atomic E-state index is 13.2. The molecule has 3 aromatic carbocycles. The third kappa shape index (κ3) is 3.46. The number of rotatable bonds is 4. The van der Waals surface area contributed by atoms with Crippen LogP contribution in [0.25, 0.3) is 27.9 Å². The predicted molar refractivity (Wildman–Crippen MR) is 118 cm³/mol. The van der Waals surface area contributed by atoms with Crippen LogP contribution in [0.3, 0.4) is 0 Å². The summed E-state index contributed by atoms with van der Waals surface area (Å²) >= 11 is 0. The van der Waals surface area contributed by atoms with Gasteiger partial charge in [-0.05, 0) is 59.7 Å². The van der Waals surface area contributed by atoms with E-state index >= 15 is 0 Å². The van der Waals surface area contributed by atoms with E-state index in [1.54, 1.807) is 22.8 Å². The number of halogens is 1. The van der Waals surface area contributed by atoms with Crippen molar-refractivity contribution in [3.63, 3.8) is 0 Å². The quantitative estimate of drug-likeness (QED) is 0.393. The highest BCUT2D eigenvalue weighted by Crippen LogP contribution is 2.27. The van der Waals surface area contributed by atoms with Gasteiger partial charge in [0.25, 0.3) is 0 Å². The van der Waals surface area contributed by atoms with Crippen LogP contribution < -0.4 is 11.1 Å². The summed E-state index contributed by atoms with van der Waals surface area (Å²) in [5.74, 6) is 0.370. The SMILES string of the molecule is Nc1ccc(Nc2nc(-c3ccc(-c4ccc(F)cc4)cc3)cc3ccnn23)cc1. The van der Waals surface area contributed by atoms with Gasteiger partial charge in [0.2, 0.25) is 5.95 Å². The topological polar surface area (TPSA) is 68.2 Å². The van der Waals surface area contributed by atoms with E-state index in [-0.39, 0.29) is 5.82 Å². The largest absolute Gasteiger partial charge is 0.399 e. The molecule has 2 aromatic heterocycles. The van der Waals surface area contributed by atoms with E-state index in [1.165, 1.54) is 12.1 Å². The number of aromatic nitrogens is 3. The van der Waals surface area contributed by atoms with Gasteiger partial charge in [0.05, 0.1) is 17.4 Å². The third-order valence-corrected chi connectivity index (χ3v) is 4.91. The van der Waals surface area contributed by atoms with Gasteiger partial charge < -0.3 is 11.1 Å². The van der Waals surface area contributed by atoms with Crippen LogP contribution in [0.2, 0.25) is 0 Å². The molecule has 0 atom stereocenters. The zero-order chi connectivity index (χ0) is 20.5. The van der Waals surface area contributed by atoms with Crippen molar-refractivity contribution in [2.24, 2.45) is 0 Å². The first-order valence-electron chi connectivity index (χ1n) is 9.49. The molecule has 0 aliphatic carbocycles. The summed E-state index contributed by atoms with van der Waals surface area (Å²) in [6, 6.07) is 25.9. The van der Waals surface area contributed by atoms with Gasteiger partial charge in [-0.1, -0.05) is 36.4 Å². The summed E-state index contributed by atoms with van der Waals surface area (Å²) in [6.07, 6.45) is 1.74. The van der Waals surface area contributed by atoms with Gasteiger partial charge in [0, 0.05) is 16.9 Å². The fourth-order valence-corrected chi connectivity index (χ4v) is 3.33. The van der Waals surface area contributed by atoms with Gasteiger partial charge >= 0.3 is 0 Å². The van der Waals surface area contributed by atoms with E-state index in [0.29, 0.717) is 11.6 Å². The van der Waals surface area contributed by atoms with E-state index in [4.69, 9.17) is 10.7 Å². The molecule has 0 aliphatic rings. The Morgan fingerprint density at radius 3 is 2.10 bits per heavy atom. The Morgan fingerprint density at radius 1 is 0.767 bits per heavy atom. The van der Waals surface area contributed by atoms with Crippen molar-refractivity contribution in [2.75, 3.05) is 11.1 Å². The first-order valence-corrected chi connectivity index (χ1v) is 9.49. The second-order valence-corrected chi connectivity index (χ2v) is 6.96. The average Bonchev–Trinajstić information content (AvgIpc) is 3.25. The number of hydrogen-bond acceptors (Lipinski definition) is 4. The number of hydrogen-bond donors (Lipinski definition) is 2. The molecule has 2 heterocycles. The molecule has 0 saturated carbocycles. The lowest BCUT2D eigenvalue weighted by Crippen LogP contribution is -2.04. The number of nitrogens with zero attached hydrogens (tertiary/aromatic N) is 3. The Balaban J connectivity index is 1.51. The summed E-state index contributed by atoms with van der Waals surface area (Å²) < 4.78 is 14.9. The normalized spacial score (nSPS) is 11.0. The maximum absolute atomic E-state index is 13.2. The highest BCUT2D eigenvalue weighted by molar-refractivity contribution is 5.72. The fourth-order valence-electron chi connectivity index (χ4n) is 3.33. The lowest BCUT2D eigenvalue weighted by atomic mass is 10.0. The number of fused-ring (bicyclic) bond motifs is 1. The summed E-state index contributed by atoms with van der Waals surface area (Å²) in [4.78, 5) is 4.78. The summed E-state index contributed by atoms with van der Waals surface area (Å²) in [5, 5.41) is 7.68. The molecule has 3 N–H and O–H groups in total. The number of nitrogens with one attached hydrogen (secondary N) is 1. The van der Waals surface area contributed by atoms with Gasteiger partial charge in [-0.15, -0.1) is 0 Å². The van der Waals surface area contributed by atoms with Gasteiger partial charge in [-0.3, -0.25) is 0 Å². The minimum absolute atomic E-state index is 0.241. The zero-order valence-corrected chi connectivity index (χ0v) is 16.0. The van der Waals surface area contributed by atoms with Crippen molar-refractivity contribution in [3.8, 4) is 22.4 Å². The first-order chi connectivity index (χ1) is 14.7. The molecule has 0 saturated heterocycles. The second-order valence-electron chi connectivity index (χ2n) is 6.96. The van der Waals surface area contributed by atoms with Crippen molar-refractivity contribution >= 4 is 22.8 Å². The molecule has 5 aromatic rings. The predicted octanol–water partition coefficient (Wildman–Crippen LogP) is 5.53. The van der Waals surface area contributed by atoms with E-state index in [0.717, 1.165) is 33.6 Å². The van der Waals surface area contributed by atoms with E-state index < -0.39 is 0 Å². The highest BCUT2D eigenvalue weighted by Gasteiger charge is 2.09. The summed E-state index contributed by atoms with van der Waals surface area (Å²) in [5.41, 5.74) is 12.1. The molecule has 5 nitrogen and oxygen atoms in total. The lowest BCUT2D eigenvalue weighted by Gasteiger charge is -2.11. The Kier molecular flexibility index (Phi) is 4.37. The minimum Gasteiger partial charge on any atom is -0.399 e. The van der Waals surface area contributed by atoms with Crippen LogP contribution >= 0.6 is 0 Å². The molecule has 5 rings (SSSR count). The van der Waals surface area contributed by atoms with Crippen LogP contribution in [0.4, 0.5) is 21.7 Å². The minimum atomic E-state index is -0.241. The zero-order valence-electron chi connectivity index (χ0n) is 16.0. The lowest BCUT2D eigenvalue weighted by molar-refractivity contribution is 0.628. The monoisotopic (exact) mass is 395 g/mol. The molecular formula is C24H18FN5. The number of anilines is 3. The Morgan fingerprint density at radius 2 is 1.40 bits per heavy atom. The molecule has 0 amide bonds. The molecule has 0 bridgehead atoms. The van der Waals surface area contributed by atoms with Crippen LogP contribution in [0.1, 0.15) is 0 Å². The van der Waals surface area contributed by atoms with Gasteiger partial charge in [-0.2, -0.15) is 5.10 Å². The fraction of sp³-hybridized carbons (Fsp3) is 0. The molecule has 0 fully saturated rings. The molecule has 0 unspecified atom stereocenters. The Labute approximate surface area is 172 Å². The molecule has 6 heteroatoms. The third-order valence-electron chi connectivity index (χ3n) is 4.91. The van der Waals surface area contributed by atoms with Crippen molar-refractivity contribution in [3.05, 3.63) is 96.9 Å². The Hall–Kier alpha value is -4.19. The van der Waals surface area contributed by atoms with Crippen molar-refractivity contribution in [1.82, 2.24) is 14.6 Å². The summed E-state index contributed by atoms with van der Waals surface area (Å²) in [6.45, 7) is 0. The van der Waals surface area contributed by atoms with Crippen molar-refractivity contribution < 1.29 is 4.39 Å². The van der Waals surface area contributed by atoms with E-state index in [1.807, 2.05) is 60.7 Å². The van der Waals surface area contributed by atoms with E-state index in [9.17, 15) is 4.39 Å². The molecular weight excluding hydrogens is 377 g/mol. The van der Waals surface area contributed by atoms with Gasteiger partial charge in [0.1, 0.15) is 5.82 Å². The van der Waals surface area contributed by atoms with Crippen LogP contribution in [0.15, 0.2) is 91.1 Å². The summed E-state index contributed by atoms with van der Waals surface area (Å²) in [7, 11) is 0. The molecule has 0 aliphatic heterocycles. The molecule has 146 valence electrons. The molecule has 30 heavy (non-hydrogen) atoms. The molecule has 0 radical (unpaired) electrons. The van der Waals surface area contributed by atoms with Gasteiger partial charge in [0.15, 0.2) is 0 Å². The van der Waals surface area contributed by atoms with Crippen LogP contribution in [-0.4, -0.2) is 14.6 Å². The maximum Gasteiger partial charge on any atom is 0.229 e.